The molecule has 0 bridgehead atoms. The Balaban J connectivity index is 2.05. The summed E-state index contributed by atoms with van der Waals surface area (Å²) in [7, 11) is 2.10. The van der Waals surface area contributed by atoms with Crippen molar-refractivity contribution in [1.82, 2.24) is 31.5 Å². The van der Waals surface area contributed by atoms with Gasteiger partial charge in [-0.2, -0.15) is 0 Å². The van der Waals surface area contributed by atoms with Crippen LogP contribution in [-0.4, -0.2) is 135 Å². The van der Waals surface area contributed by atoms with Crippen molar-refractivity contribution in [3.63, 3.8) is 0 Å². The number of nitrogens with zero attached hydrogens (tertiary/aromatic N) is 1. The van der Waals surface area contributed by atoms with Crippen LogP contribution >= 0.6 is 21.6 Å². The number of phenols is 1. The van der Waals surface area contributed by atoms with E-state index in [-0.39, 0.29) is 74.7 Å². The number of hydrogen-bond donors (Lipinski definition) is 10. The molecule has 22 nitrogen and oxygen atoms in total. The lowest BCUT2D eigenvalue weighted by Gasteiger charge is -2.31. The summed E-state index contributed by atoms with van der Waals surface area (Å²) >= 11 is 0. The number of aromatic hydroxyl groups is 1. The van der Waals surface area contributed by atoms with E-state index in [1.165, 1.54) is 17.0 Å². The van der Waals surface area contributed by atoms with E-state index in [2.05, 4.69) is 26.6 Å². The minimum Gasteiger partial charge on any atom is -0.508 e. The molecule has 14 N–H and O–H groups in total. The highest BCUT2D eigenvalue weighted by molar-refractivity contribution is 8.76. The highest BCUT2D eigenvalue weighted by Crippen LogP contribution is 2.27. The Morgan fingerprint density at radius 2 is 1.43 bits per heavy atom. The summed E-state index contributed by atoms with van der Waals surface area (Å²) in [4.78, 5) is 149. The van der Waals surface area contributed by atoms with Gasteiger partial charge in [0.05, 0.1) is 24.0 Å². The van der Waals surface area contributed by atoms with Crippen LogP contribution in [0.2, 0.25) is 0 Å². The van der Waals surface area contributed by atoms with Gasteiger partial charge in [0.15, 0.2) is 11.6 Å². The molecule has 9 amide bonds. The molecule has 9 atom stereocenters. The average Bonchev–Trinajstić information content (AvgIpc) is 3.78. The van der Waals surface area contributed by atoms with Gasteiger partial charge in [-0.1, -0.05) is 67.8 Å². The maximum atomic E-state index is 14.5. The van der Waals surface area contributed by atoms with E-state index in [0.717, 1.165) is 21.6 Å². The standard InChI is InChI=1S/C45H68N10O12S2/c1-5-24(4)39-44(66)50-29(12-14-36(47)59)35(58)19-26(20-38(49)61)40(62)53-32(22-69-68-21-28(46)41(63)52-31(42(64)54-39)18-25-8-10-27(56)11-9-25)45(67)55-16-6-7-33(55)43(65)51-30(17-23(2)3)34(57)13-15-37(48)60/h8-11,23-24,26,28-33,39,56H,5-7,12-22,46H2,1-4H3,(H2,47,59)(H2,48,60)(H2,49,61)(H,50,66)(H,51,65)(H,52,63)(H,53,62)(H,54,64)/t24-,26?,28-,29?,30-,31?,32-,33?,39-/m0/s1. The summed E-state index contributed by atoms with van der Waals surface area (Å²) in [5.74, 6) is -10.7. The summed E-state index contributed by atoms with van der Waals surface area (Å²) < 4.78 is 0. The van der Waals surface area contributed by atoms with Gasteiger partial charge in [0.1, 0.15) is 29.9 Å². The Morgan fingerprint density at radius 1 is 0.797 bits per heavy atom. The Bertz CT molecular complexity index is 2040. The third-order valence-electron chi connectivity index (χ3n) is 11.8. The minimum absolute atomic E-state index is 0.0396. The molecule has 2 aliphatic heterocycles. The van der Waals surface area contributed by atoms with Crippen LogP contribution in [0, 0.1) is 17.8 Å². The van der Waals surface area contributed by atoms with Crippen LogP contribution in [0.15, 0.2) is 24.3 Å². The van der Waals surface area contributed by atoms with Crippen LogP contribution in [0.25, 0.3) is 0 Å². The number of amides is 9. The van der Waals surface area contributed by atoms with Crippen LogP contribution < -0.4 is 49.5 Å². The largest absolute Gasteiger partial charge is 0.508 e. The van der Waals surface area contributed by atoms with E-state index in [9.17, 15) is 57.8 Å². The van der Waals surface area contributed by atoms with Crippen molar-refractivity contribution < 1.29 is 57.8 Å². The van der Waals surface area contributed by atoms with Gasteiger partial charge in [-0.3, -0.25) is 52.7 Å². The molecular weight excluding hydrogens is 937 g/mol. The topological polar surface area (TPSA) is 375 Å². The summed E-state index contributed by atoms with van der Waals surface area (Å²) in [5, 5.41) is 23.2. The lowest BCUT2D eigenvalue weighted by molar-refractivity contribution is -0.142. The van der Waals surface area contributed by atoms with Gasteiger partial charge in [-0.25, -0.2) is 0 Å². The fourth-order valence-corrected chi connectivity index (χ4v) is 10.0. The van der Waals surface area contributed by atoms with Crippen LogP contribution in [0.1, 0.15) is 97.5 Å². The monoisotopic (exact) mass is 1000 g/mol. The molecule has 0 aliphatic carbocycles. The molecule has 69 heavy (non-hydrogen) atoms. The molecular formula is C45H68N10O12S2. The van der Waals surface area contributed by atoms with Crippen molar-refractivity contribution >= 4 is 86.3 Å². The second kappa shape index (κ2) is 28.0. The number of Topliss-reactive ketones (excluding diaryl/α,β-unsaturated/α-hetero) is 2. The Hall–Kier alpha value is -5.75. The zero-order chi connectivity index (χ0) is 51.5. The van der Waals surface area contributed by atoms with Gasteiger partial charge in [0, 0.05) is 56.6 Å². The summed E-state index contributed by atoms with van der Waals surface area (Å²) in [6, 6.07) is -2.87. The number of phenolic OH excluding ortho intramolecular Hbond substituents is 1. The molecule has 2 heterocycles. The van der Waals surface area contributed by atoms with Crippen molar-refractivity contribution in [3.8, 4) is 5.75 Å². The Labute approximate surface area is 409 Å². The Morgan fingerprint density at radius 3 is 2.04 bits per heavy atom. The zero-order valence-electron chi connectivity index (χ0n) is 39.5. The minimum atomic E-state index is -1.50. The number of ketones is 2. The molecule has 0 aromatic heterocycles. The second-order valence-corrected chi connectivity index (χ2v) is 20.5. The van der Waals surface area contributed by atoms with Crippen molar-refractivity contribution in [2.45, 2.75) is 141 Å². The van der Waals surface area contributed by atoms with E-state index in [1.54, 1.807) is 26.0 Å². The van der Waals surface area contributed by atoms with Crippen molar-refractivity contribution in [3.05, 3.63) is 29.8 Å². The first-order valence-electron chi connectivity index (χ1n) is 23.0. The molecule has 2 aliphatic rings. The third kappa shape index (κ3) is 18.9. The second-order valence-electron chi connectivity index (χ2n) is 18.0. The molecule has 0 spiro atoms. The normalized spacial score (nSPS) is 24.5. The molecule has 3 rings (SSSR count). The van der Waals surface area contributed by atoms with E-state index < -0.39 is 132 Å². The van der Waals surface area contributed by atoms with Gasteiger partial charge in [0.2, 0.25) is 53.2 Å². The quantitative estimate of drug-likeness (QED) is 0.0766. The first-order valence-corrected chi connectivity index (χ1v) is 25.5. The molecule has 0 saturated carbocycles. The Kier molecular flexibility index (Phi) is 23.4. The van der Waals surface area contributed by atoms with Crippen LogP contribution in [0.4, 0.5) is 0 Å². The number of rotatable bonds is 18. The number of nitrogens with one attached hydrogen (secondary N) is 5. The number of carbonyl (C=O) groups excluding carboxylic acids is 11. The SMILES string of the molecule is CC[C@H](C)[C@@H]1NC(=O)C(Cc2ccc(O)cc2)NC(=O)[C@@H](N)CSSC[C@@H](C(=O)N2CCCC2C(=O)N[C@@H](CC(C)C)C(=O)CCC(N)=O)NC(=O)C(CC(N)=O)CC(=O)C(CCC(N)=O)NC1=O. The fraction of sp³-hybridized carbons (Fsp3) is 0.622. The molecule has 1 aromatic carbocycles. The molecule has 382 valence electrons. The van der Waals surface area contributed by atoms with Crippen molar-refractivity contribution in [1.29, 1.82) is 0 Å². The molecule has 2 fully saturated rings. The summed E-state index contributed by atoms with van der Waals surface area (Å²) in [6.07, 6.45) is -1.42. The van der Waals surface area contributed by atoms with E-state index >= 15 is 0 Å². The molecule has 2 saturated heterocycles. The van der Waals surface area contributed by atoms with Gasteiger partial charge in [-0.05, 0) is 55.2 Å². The van der Waals surface area contributed by atoms with Crippen LogP contribution in [0.5, 0.6) is 5.75 Å². The first-order chi connectivity index (χ1) is 32.5. The molecule has 0 radical (unpaired) electrons. The van der Waals surface area contributed by atoms with E-state index in [0.29, 0.717) is 18.4 Å². The number of nitrogens with two attached hydrogens (primary N) is 4. The van der Waals surface area contributed by atoms with E-state index in [4.69, 9.17) is 22.9 Å². The number of hydrogen-bond acceptors (Lipinski definition) is 15. The average molecular weight is 1010 g/mol. The maximum absolute atomic E-state index is 14.5. The predicted molar refractivity (Wildman–Crippen MR) is 257 cm³/mol. The van der Waals surface area contributed by atoms with Gasteiger partial charge < -0.3 is 59.5 Å². The first kappa shape index (κ1) is 57.6. The van der Waals surface area contributed by atoms with Crippen molar-refractivity contribution in [2.75, 3.05) is 18.1 Å². The highest BCUT2D eigenvalue weighted by Gasteiger charge is 2.41. The number of primary amides is 3. The maximum Gasteiger partial charge on any atom is 0.246 e. The fourth-order valence-electron chi connectivity index (χ4n) is 7.77. The van der Waals surface area contributed by atoms with Crippen LogP contribution in [0.3, 0.4) is 0 Å². The lowest BCUT2D eigenvalue weighted by atomic mass is 9.91. The number of carbonyl (C=O) groups is 11. The van der Waals surface area contributed by atoms with Crippen molar-refractivity contribution in [2.24, 2.45) is 40.7 Å². The molecule has 4 unspecified atom stereocenters. The lowest BCUT2D eigenvalue weighted by Crippen LogP contribution is -2.59. The molecule has 24 heteroatoms. The highest BCUT2D eigenvalue weighted by atomic mass is 33.1. The number of likely N-dealkylation sites (tertiary alicyclic amines) is 1. The number of benzene rings is 1. The van der Waals surface area contributed by atoms with Gasteiger partial charge >= 0.3 is 0 Å². The van der Waals surface area contributed by atoms with Gasteiger partial charge in [-0.15, -0.1) is 0 Å². The smallest absolute Gasteiger partial charge is 0.246 e. The van der Waals surface area contributed by atoms with Gasteiger partial charge in [0.25, 0.3) is 0 Å². The van der Waals surface area contributed by atoms with Crippen LogP contribution in [-0.2, 0) is 59.2 Å². The third-order valence-corrected chi connectivity index (χ3v) is 14.3. The molecule has 1 aromatic rings. The zero-order valence-corrected chi connectivity index (χ0v) is 41.1. The summed E-state index contributed by atoms with van der Waals surface area (Å²) in [5.41, 5.74) is 23.1. The summed E-state index contributed by atoms with van der Waals surface area (Å²) in [6.45, 7) is 7.20. The predicted octanol–water partition coefficient (Wildman–Crippen LogP) is -1.28. The van der Waals surface area contributed by atoms with E-state index in [1.807, 2.05) is 13.8 Å².